The molecule has 6 heteroatoms. The Balaban J connectivity index is 1.65. The molecule has 1 N–H and O–H groups in total. The topological polar surface area (TPSA) is 82.4 Å². The van der Waals surface area contributed by atoms with Crippen molar-refractivity contribution in [3.05, 3.63) is 70.3 Å². The number of ether oxygens (including phenoxy) is 1. The van der Waals surface area contributed by atoms with Gasteiger partial charge in [0.1, 0.15) is 0 Å². The van der Waals surface area contributed by atoms with Crippen LogP contribution >= 0.6 is 0 Å². The molecule has 0 aromatic heterocycles. The van der Waals surface area contributed by atoms with E-state index in [0.29, 0.717) is 18.6 Å². The van der Waals surface area contributed by atoms with Crippen molar-refractivity contribution in [3.8, 4) is 6.07 Å². The molecule has 2 aliphatic carbocycles. The molecule has 2 spiro atoms. The molecule has 5 rings (SSSR count). The number of rotatable bonds is 3. The van der Waals surface area contributed by atoms with Gasteiger partial charge < -0.3 is 10.1 Å². The van der Waals surface area contributed by atoms with Crippen LogP contribution in [0.5, 0.6) is 0 Å². The van der Waals surface area contributed by atoms with E-state index in [1.54, 1.807) is 19.2 Å². The van der Waals surface area contributed by atoms with Crippen LogP contribution in [0.2, 0.25) is 0 Å². The summed E-state index contributed by atoms with van der Waals surface area (Å²) in [6.07, 6.45) is 4.03. The highest BCUT2D eigenvalue weighted by atomic mass is 16.5. The number of benzene rings is 2. The van der Waals surface area contributed by atoms with Crippen LogP contribution in [0.1, 0.15) is 40.7 Å². The molecular formula is C25H25N3O3. The first-order valence-corrected chi connectivity index (χ1v) is 10.8. The number of nitriles is 1. The van der Waals surface area contributed by atoms with E-state index in [4.69, 9.17) is 4.74 Å². The van der Waals surface area contributed by atoms with Gasteiger partial charge in [0.25, 0.3) is 5.91 Å². The van der Waals surface area contributed by atoms with Crippen LogP contribution < -0.4 is 5.32 Å². The molecule has 1 heterocycles. The Kier molecular flexibility index (Phi) is 4.60. The molecule has 158 valence electrons. The van der Waals surface area contributed by atoms with Gasteiger partial charge in [-0.2, -0.15) is 5.26 Å². The number of urea groups is 1. The summed E-state index contributed by atoms with van der Waals surface area (Å²) in [6.45, 7) is 0.505. The molecular weight excluding hydrogens is 390 g/mol. The monoisotopic (exact) mass is 415 g/mol. The summed E-state index contributed by atoms with van der Waals surface area (Å²) >= 11 is 0. The fourth-order valence-electron chi connectivity index (χ4n) is 5.91. The first-order chi connectivity index (χ1) is 15.0. The van der Waals surface area contributed by atoms with Gasteiger partial charge in [-0.15, -0.1) is 0 Å². The number of fused-ring (bicyclic) bond motifs is 4. The maximum atomic E-state index is 14.0. The second-order valence-corrected chi connectivity index (χ2v) is 8.84. The molecule has 1 saturated heterocycles. The lowest BCUT2D eigenvalue weighted by Gasteiger charge is -2.42. The zero-order valence-corrected chi connectivity index (χ0v) is 17.6. The van der Waals surface area contributed by atoms with Gasteiger partial charge in [0.15, 0.2) is 5.54 Å². The number of methoxy groups -OCH3 is 1. The minimum absolute atomic E-state index is 0.214. The number of carbonyl (C=O) groups excluding carboxylic acids is 2. The third kappa shape index (κ3) is 2.73. The van der Waals surface area contributed by atoms with E-state index in [1.165, 1.54) is 16.0 Å². The summed E-state index contributed by atoms with van der Waals surface area (Å²) in [5.74, 6) is -0.214. The average Bonchev–Trinajstić information content (AvgIpc) is 3.10. The Hall–Kier alpha value is -3.17. The van der Waals surface area contributed by atoms with E-state index in [9.17, 15) is 14.9 Å². The fraction of sp³-hybridized carbons (Fsp3) is 0.400. The molecule has 3 amide bonds. The largest absolute Gasteiger partial charge is 0.383 e. The lowest BCUT2D eigenvalue weighted by atomic mass is 9.65. The van der Waals surface area contributed by atoms with E-state index in [0.717, 1.165) is 36.8 Å². The van der Waals surface area contributed by atoms with Crippen molar-refractivity contribution < 1.29 is 14.3 Å². The number of hydrogen-bond donors (Lipinski definition) is 1. The van der Waals surface area contributed by atoms with Crippen molar-refractivity contribution in [1.29, 1.82) is 5.26 Å². The van der Waals surface area contributed by atoms with Gasteiger partial charge in [-0.3, -0.25) is 9.69 Å². The molecule has 6 nitrogen and oxygen atoms in total. The van der Waals surface area contributed by atoms with Gasteiger partial charge in [0.05, 0.1) is 24.8 Å². The van der Waals surface area contributed by atoms with E-state index in [1.807, 2.05) is 6.07 Å². The van der Waals surface area contributed by atoms with Gasteiger partial charge in [-0.25, -0.2) is 4.79 Å². The average molecular weight is 415 g/mol. The summed E-state index contributed by atoms with van der Waals surface area (Å²) in [5, 5.41) is 12.6. The maximum Gasteiger partial charge on any atom is 0.325 e. The number of aryl methyl sites for hydroxylation is 2. The van der Waals surface area contributed by atoms with Crippen LogP contribution in [0.4, 0.5) is 4.79 Å². The predicted octanol–water partition coefficient (Wildman–Crippen LogP) is 3.07. The fourth-order valence-corrected chi connectivity index (χ4v) is 5.91. The molecule has 31 heavy (non-hydrogen) atoms. The smallest absolute Gasteiger partial charge is 0.325 e. The van der Waals surface area contributed by atoms with Crippen molar-refractivity contribution >= 4 is 11.9 Å². The molecule has 0 bridgehead atoms. The van der Waals surface area contributed by atoms with Gasteiger partial charge in [0.2, 0.25) is 0 Å². The minimum Gasteiger partial charge on any atom is -0.383 e. The standard InChI is InChI=1S/C25H25N3O3/c1-31-13-12-28-22(29)25(27-23(28)30)21-14-17(16-26)6-7-20(21)15-24(25)10-8-18-4-2-3-5-19(18)9-11-24/h2-7,14H,8-13,15H2,1H3,(H,27,30). The Morgan fingerprint density at radius 2 is 1.81 bits per heavy atom. The highest BCUT2D eigenvalue weighted by Gasteiger charge is 2.67. The molecule has 2 aromatic carbocycles. The lowest BCUT2D eigenvalue weighted by molar-refractivity contribution is -0.137. The maximum absolute atomic E-state index is 14.0. The predicted molar refractivity (Wildman–Crippen MR) is 114 cm³/mol. The van der Waals surface area contributed by atoms with Crippen LogP contribution in [0.25, 0.3) is 0 Å². The summed E-state index contributed by atoms with van der Waals surface area (Å²) in [6, 6.07) is 15.8. The summed E-state index contributed by atoms with van der Waals surface area (Å²) in [5.41, 5.74) is 3.40. The first-order valence-electron chi connectivity index (χ1n) is 10.8. The van der Waals surface area contributed by atoms with E-state index < -0.39 is 11.0 Å². The first kappa shape index (κ1) is 19.8. The normalized spacial score (nSPS) is 23.4. The van der Waals surface area contributed by atoms with Crippen molar-refractivity contribution in [3.63, 3.8) is 0 Å². The Morgan fingerprint density at radius 3 is 2.45 bits per heavy atom. The summed E-state index contributed by atoms with van der Waals surface area (Å²) < 4.78 is 5.14. The SMILES string of the molecule is COCCN1C(=O)NC2(C1=O)c1cc(C#N)ccc1CC21CCc2ccccc2CC1. The Bertz CT molecular complexity index is 1090. The zero-order valence-electron chi connectivity index (χ0n) is 17.6. The number of imide groups is 1. The van der Waals surface area contributed by atoms with E-state index in [-0.39, 0.29) is 18.5 Å². The second-order valence-electron chi connectivity index (χ2n) is 8.84. The zero-order chi connectivity index (χ0) is 21.6. The number of nitrogens with one attached hydrogen (secondary N) is 1. The second kappa shape index (κ2) is 7.21. The van der Waals surface area contributed by atoms with Crippen LogP contribution in [-0.4, -0.2) is 37.1 Å². The van der Waals surface area contributed by atoms with Crippen LogP contribution in [0, 0.1) is 16.7 Å². The highest BCUT2D eigenvalue weighted by molar-refractivity contribution is 6.09. The summed E-state index contributed by atoms with van der Waals surface area (Å²) in [4.78, 5) is 28.3. The lowest BCUT2D eigenvalue weighted by Crippen LogP contribution is -2.55. The minimum atomic E-state index is -1.14. The molecule has 1 atom stereocenters. The number of amides is 3. The van der Waals surface area contributed by atoms with E-state index in [2.05, 4.69) is 35.7 Å². The third-order valence-corrected chi connectivity index (χ3v) is 7.46. The van der Waals surface area contributed by atoms with Crippen LogP contribution in [-0.2, 0) is 34.3 Å². The molecule has 1 fully saturated rings. The third-order valence-electron chi connectivity index (χ3n) is 7.46. The molecule has 1 unspecified atom stereocenters. The number of carbonyl (C=O) groups is 2. The quantitative estimate of drug-likeness (QED) is 0.781. The van der Waals surface area contributed by atoms with Crippen molar-refractivity contribution in [1.82, 2.24) is 10.2 Å². The van der Waals surface area contributed by atoms with Crippen LogP contribution in [0.3, 0.4) is 0 Å². The van der Waals surface area contributed by atoms with Crippen molar-refractivity contribution in [2.75, 3.05) is 20.3 Å². The van der Waals surface area contributed by atoms with Gasteiger partial charge in [-0.05, 0) is 66.5 Å². The number of nitrogens with zero attached hydrogens (tertiary/aromatic N) is 2. The Morgan fingerprint density at radius 1 is 1.10 bits per heavy atom. The van der Waals surface area contributed by atoms with Crippen LogP contribution in [0.15, 0.2) is 42.5 Å². The highest BCUT2D eigenvalue weighted by Crippen LogP contribution is 2.58. The van der Waals surface area contributed by atoms with Gasteiger partial charge in [0, 0.05) is 12.5 Å². The molecule has 0 radical (unpaired) electrons. The van der Waals surface area contributed by atoms with Crippen molar-refractivity contribution in [2.45, 2.75) is 37.6 Å². The van der Waals surface area contributed by atoms with E-state index >= 15 is 0 Å². The molecule has 2 aromatic rings. The van der Waals surface area contributed by atoms with Gasteiger partial charge in [-0.1, -0.05) is 30.3 Å². The van der Waals surface area contributed by atoms with Gasteiger partial charge >= 0.3 is 6.03 Å². The Labute approximate surface area is 181 Å². The molecule has 0 saturated carbocycles. The summed E-state index contributed by atoms with van der Waals surface area (Å²) in [7, 11) is 1.56. The number of hydrogen-bond acceptors (Lipinski definition) is 4. The molecule has 1 aliphatic heterocycles. The molecule has 3 aliphatic rings. The van der Waals surface area contributed by atoms with Crippen molar-refractivity contribution in [2.24, 2.45) is 5.41 Å².